The minimum absolute atomic E-state index is 0.409. The fourth-order valence-electron chi connectivity index (χ4n) is 1.08. The summed E-state index contributed by atoms with van der Waals surface area (Å²) in [6, 6.07) is 3.92. The zero-order valence-corrected chi connectivity index (χ0v) is 8.65. The van der Waals surface area contributed by atoms with Gasteiger partial charge in [-0.25, -0.2) is 8.78 Å². The summed E-state index contributed by atoms with van der Waals surface area (Å²) in [5.74, 6) is -2.30. The van der Waals surface area contributed by atoms with Gasteiger partial charge in [-0.1, -0.05) is 0 Å². The molecule has 1 aromatic rings. The van der Waals surface area contributed by atoms with Gasteiger partial charge in [0.1, 0.15) is 23.5 Å². The molecule has 0 bridgehead atoms. The standard InChI is InChI=1S/C10H4F2N4O2/c11-7-1-8(12)10(9(2-7)16(17)18)15-5-6(3-13)4-14/h1-2,5,15H. The van der Waals surface area contributed by atoms with Gasteiger partial charge in [0.15, 0.2) is 11.5 Å². The lowest BCUT2D eigenvalue weighted by molar-refractivity contribution is -0.384. The second-order valence-electron chi connectivity index (χ2n) is 2.96. The summed E-state index contributed by atoms with van der Waals surface area (Å²) in [5, 5.41) is 29.5. The summed E-state index contributed by atoms with van der Waals surface area (Å²) < 4.78 is 26.1. The molecule has 0 amide bonds. The van der Waals surface area contributed by atoms with Crippen LogP contribution < -0.4 is 5.32 Å². The van der Waals surface area contributed by atoms with Crippen molar-refractivity contribution in [1.82, 2.24) is 0 Å². The number of nitriles is 2. The second kappa shape index (κ2) is 5.37. The highest BCUT2D eigenvalue weighted by atomic mass is 19.1. The van der Waals surface area contributed by atoms with E-state index in [4.69, 9.17) is 10.5 Å². The lowest BCUT2D eigenvalue weighted by Gasteiger charge is -2.04. The van der Waals surface area contributed by atoms with Crippen molar-refractivity contribution in [3.05, 3.63) is 45.7 Å². The molecule has 6 nitrogen and oxygen atoms in total. The highest BCUT2D eigenvalue weighted by Crippen LogP contribution is 2.28. The molecule has 8 heteroatoms. The van der Waals surface area contributed by atoms with Gasteiger partial charge in [0, 0.05) is 12.3 Å². The van der Waals surface area contributed by atoms with Gasteiger partial charge >= 0.3 is 0 Å². The Hall–Kier alpha value is -3.00. The SMILES string of the molecule is N#CC(C#N)=CNc1c(F)cc(F)cc1[N+](=O)[O-]. The Balaban J connectivity index is 3.26. The van der Waals surface area contributed by atoms with Gasteiger partial charge in [0.05, 0.1) is 11.0 Å². The molecular formula is C10H4F2N4O2. The maximum Gasteiger partial charge on any atom is 0.298 e. The summed E-state index contributed by atoms with van der Waals surface area (Å²) in [5.41, 5.74) is -1.86. The summed E-state index contributed by atoms with van der Waals surface area (Å²) in [6.45, 7) is 0. The minimum Gasteiger partial charge on any atom is -0.352 e. The molecule has 0 heterocycles. The first kappa shape index (κ1) is 13.1. The highest BCUT2D eigenvalue weighted by molar-refractivity contribution is 5.64. The van der Waals surface area contributed by atoms with Crippen molar-refractivity contribution < 1.29 is 13.7 Å². The fourth-order valence-corrected chi connectivity index (χ4v) is 1.08. The zero-order chi connectivity index (χ0) is 13.7. The van der Waals surface area contributed by atoms with Crippen molar-refractivity contribution in [2.24, 2.45) is 0 Å². The highest BCUT2D eigenvalue weighted by Gasteiger charge is 2.19. The Morgan fingerprint density at radius 1 is 1.39 bits per heavy atom. The third-order valence-electron chi connectivity index (χ3n) is 1.83. The quantitative estimate of drug-likeness (QED) is 0.503. The van der Waals surface area contributed by atoms with Crippen LogP contribution in [-0.4, -0.2) is 4.92 Å². The number of anilines is 1. The predicted octanol–water partition coefficient (Wildman–Crippen LogP) is 2.22. The third kappa shape index (κ3) is 2.77. The van der Waals surface area contributed by atoms with Gasteiger partial charge in [0.25, 0.3) is 5.69 Å². The number of allylic oxidation sites excluding steroid dienone is 1. The maximum atomic E-state index is 13.3. The number of benzene rings is 1. The van der Waals surface area contributed by atoms with Crippen molar-refractivity contribution in [2.45, 2.75) is 0 Å². The van der Waals surface area contributed by atoms with E-state index in [1.807, 2.05) is 0 Å². The molecule has 90 valence electrons. The summed E-state index contributed by atoms with van der Waals surface area (Å²) in [4.78, 5) is 9.61. The molecule has 0 spiro atoms. The van der Waals surface area contributed by atoms with E-state index >= 15 is 0 Å². The van der Waals surface area contributed by atoms with Crippen LogP contribution in [0.4, 0.5) is 20.2 Å². The van der Waals surface area contributed by atoms with Gasteiger partial charge in [0.2, 0.25) is 0 Å². The van der Waals surface area contributed by atoms with Gasteiger partial charge in [-0.3, -0.25) is 10.1 Å². The molecule has 0 unspecified atom stereocenters. The van der Waals surface area contributed by atoms with Crippen molar-refractivity contribution in [3.63, 3.8) is 0 Å². The number of rotatable bonds is 3. The third-order valence-corrected chi connectivity index (χ3v) is 1.83. The van der Waals surface area contributed by atoms with Crippen molar-refractivity contribution >= 4 is 11.4 Å². The van der Waals surface area contributed by atoms with E-state index in [1.165, 1.54) is 12.1 Å². The Bertz CT molecular complexity index is 598. The average molecular weight is 250 g/mol. The molecule has 0 aromatic heterocycles. The number of nitrogens with zero attached hydrogens (tertiary/aromatic N) is 3. The van der Waals surface area contributed by atoms with Crippen LogP contribution in [-0.2, 0) is 0 Å². The first-order valence-corrected chi connectivity index (χ1v) is 4.40. The number of nitrogens with one attached hydrogen (secondary N) is 1. The minimum atomic E-state index is -1.20. The second-order valence-corrected chi connectivity index (χ2v) is 2.96. The normalized spacial score (nSPS) is 8.89. The molecule has 0 atom stereocenters. The topological polar surface area (TPSA) is 103 Å². The molecule has 0 aliphatic rings. The largest absolute Gasteiger partial charge is 0.352 e. The summed E-state index contributed by atoms with van der Waals surface area (Å²) in [6.07, 6.45) is 0.795. The fraction of sp³-hybridized carbons (Fsp3) is 0. The zero-order valence-electron chi connectivity index (χ0n) is 8.65. The molecule has 0 aliphatic heterocycles. The van der Waals surface area contributed by atoms with Crippen LogP contribution in [0.25, 0.3) is 0 Å². The van der Waals surface area contributed by atoms with Crippen LogP contribution >= 0.6 is 0 Å². The Labute approximate surface area is 99.5 Å². The number of nitro groups is 1. The van der Waals surface area contributed by atoms with Gasteiger partial charge < -0.3 is 5.32 Å². The molecule has 0 saturated heterocycles. The van der Waals surface area contributed by atoms with Gasteiger partial charge in [-0.2, -0.15) is 10.5 Å². The van der Waals surface area contributed by atoms with E-state index in [9.17, 15) is 18.9 Å². The molecular weight excluding hydrogens is 246 g/mol. The van der Waals surface area contributed by atoms with Crippen molar-refractivity contribution in [2.75, 3.05) is 5.32 Å². The number of hydrogen-bond acceptors (Lipinski definition) is 5. The van der Waals surface area contributed by atoms with Crippen molar-refractivity contribution in [3.8, 4) is 12.1 Å². The van der Waals surface area contributed by atoms with Crippen LogP contribution in [0, 0.1) is 44.4 Å². The first-order chi connectivity index (χ1) is 8.49. The van der Waals surface area contributed by atoms with E-state index in [2.05, 4.69) is 5.32 Å². The smallest absolute Gasteiger partial charge is 0.298 e. The maximum absolute atomic E-state index is 13.3. The Morgan fingerprint density at radius 3 is 2.50 bits per heavy atom. The van der Waals surface area contributed by atoms with Gasteiger partial charge in [-0.15, -0.1) is 0 Å². The van der Waals surface area contributed by atoms with E-state index in [1.54, 1.807) is 0 Å². The van der Waals surface area contributed by atoms with Gasteiger partial charge in [-0.05, 0) is 0 Å². The predicted molar refractivity (Wildman–Crippen MR) is 55.9 cm³/mol. The first-order valence-electron chi connectivity index (χ1n) is 4.40. The molecule has 0 radical (unpaired) electrons. The van der Waals surface area contributed by atoms with Crippen LogP contribution in [0.5, 0.6) is 0 Å². The summed E-state index contributed by atoms with van der Waals surface area (Å²) >= 11 is 0. The Kier molecular flexibility index (Phi) is 3.89. The summed E-state index contributed by atoms with van der Waals surface area (Å²) in [7, 11) is 0. The lowest BCUT2D eigenvalue weighted by atomic mass is 10.2. The van der Waals surface area contributed by atoms with E-state index in [-0.39, 0.29) is 0 Å². The molecule has 1 rings (SSSR count). The molecule has 0 fully saturated rings. The molecule has 18 heavy (non-hydrogen) atoms. The van der Waals surface area contributed by atoms with Crippen molar-refractivity contribution in [1.29, 1.82) is 10.5 Å². The molecule has 1 N–H and O–H groups in total. The molecule has 0 aliphatic carbocycles. The number of hydrogen-bond donors (Lipinski definition) is 1. The van der Waals surface area contributed by atoms with E-state index in [0.29, 0.717) is 12.1 Å². The number of halogens is 2. The molecule has 0 saturated carbocycles. The number of nitro benzene ring substituents is 1. The van der Waals surface area contributed by atoms with E-state index in [0.717, 1.165) is 6.20 Å². The monoisotopic (exact) mass is 250 g/mol. The lowest BCUT2D eigenvalue weighted by Crippen LogP contribution is -2.01. The average Bonchev–Trinajstić information content (AvgIpc) is 2.31. The van der Waals surface area contributed by atoms with Crippen LogP contribution in [0.3, 0.4) is 0 Å². The van der Waals surface area contributed by atoms with Crippen LogP contribution in [0.2, 0.25) is 0 Å². The van der Waals surface area contributed by atoms with Crippen LogP contribution in [0.1, 0.15) is 0 Å². The molecule has 1 aromatic carbocycles. The van der Waals surface area contributed by atoms with E-state index < -0.39 is 33.5 Å². The Morgan fingerprint density at radius 2 is 2.00 bits per heavy atom. The van der Waals surface area contributed by atoms with Crippen LogP contribution in [0.15, 0.2) is 23.9 Å².